The van der Waals surface area contributed by atoms with E-state index >= 15 is 0 Å². The van der Waals surface area contributed by atoms with Gasteiger partial charge in [0.15, 0.2) is 0 Å². The van der Waals surface area contributed by atoms with Gasteiger partial charge in [-0.1, -0.05) is 31.2 Å². The molecule has 0 spiro atoms. The van der Waals surface area contributed by atoms with E-state index in [1.54, 1.807) is 36.4 Å². The Balaban J connectivity index is 1.65. The van der Waals surface area contributed by atoms with Crippen LogP contribution in [0.5, 0.6) is 0 Å². The highest BCUT2D eigenvalue weighted by atomic mass is 16.2. The Morgan fingerprint density at radius 1 is 1.17 bits per heavy atom. The molecule has 0 bridgehead atoms. The highest BCUT2D eigenvalue weighted by molar-refractivity contribution is 6.04. The average molecular weight is 390 g/mol. The number of para-hydroxylation sites is 1. The van der Waals surface area contributed by atoms with Crippen molar-refractivity contribution in [3.05, 3.63) is 65.2 Å². The smallest absolute Gasteiger partial charge is 0.253 e. The summed E-state index contributed by atoms with van der Waals surface area (Å²) in [5, 5.41) is 14.8. The van der Waals surface area contributed by atoms with E-state index in [9.17, 15) is 9.59 Å². The summed E-state index contributed by atoms with van der Waals surface area (Å²) < 4.78 is 0. The summed E-state index contributed by atoms with van der Waals surface area (Å²) in [5.74, 6) is -0.319. The third kappa shape index (κ3) is 5.43. The maximum absolute atomic E-state index is 12.7. The van der Waals surface area contributed by atoms with E-state index in [1.807, 2.05) is 30.9 Å². The van der Waals surface area contributed by atoms with Gasteiger partial charge in [-0.15, -0.1) is 0 Å². The molecular formula is C23H26N4O2. The van der Waals surface area contributed by atoms with Gasteiger partial charge in [-0.3, -0.25) is 14.5 Å². The van der Waals surface area contributed by atoms with E-state index < -0.39 is 0 Å². The van der Waals surface area contributed by atoms with Crippen LogP contribution in [0, 0.1) is 11.3 Å². The zero-order valence-electron chi connectivity index (χ0n) is 16.8. The molecule has 0 aromatic heterocycles. The summed E-state index contributed by atoms with van der Waals surface area (Å²) in [4.78, 5) is 27.2. The average Bonchev–Trinajstić information content (AvgIpc) is 3.56. The number of benzene rings is 2. The van der Waals surface area contributed by atoms with Crippen LogP contribution in [-0.4, -0.2) is 35.8 Å². The number of carbonyl (C=O) groups is 2. The minimum absolute atomic E-state index is 0.0203. The van der Waals surface area contributed by atoms with Crippen molar-refractivity contribution in [1.29, 1.82) is 5.26 Å². The second-order valence-corrected chi connectivity index (χ2v) is 7.31. The van der Waals surface area contributed by atoms with Crippen LogP contribution in [0.2, 0.25) is 0 Å². The van der Waals surface area contributed by atoms with Gasteiger partial charge in [0.2, 0.25) is 5.91 Å². The summed E-state index contributed by atoms with van der Waals surface area (Å²) in [6.07, 6.45) is 2.03. The normalized spacial score (nSPS) is 14.1. The molecule has 2 N–H and O–H groups in total. The SMILES string of the molecule is CCN(CC(=O)Nc1ccccc1C(=O)NC1CC1)C(C)c1ccc(C#N)cc1. The predicted molar refractivity (Wildman–Crippen MR) is 112 cm³/mol. The van der Waals surface area contributed by atoms with Crippen molar-refractivity contribution in [2.24, 2.45) is 0 Å². The van der Waals surface area contributed by atoms with Gasteiger partial charge in [0, 0.05) is 12.1 Å². The lowest BCUT2D eigenvalue weighted by Crippen LogP contribution is -2.35. The van der Waals surface area contributed by atoms with Crippen LogP contribution in [-0.2, 0) is 4.79 Å². The van der Waals surface area contributed by atoms with Crippen molar-refractivity contribution < 1.29 is 9.59 Å². The highest BCUT2D eigenvalue weighted by Crippen LogP contribution is 2.23. The van der Waals surface area contributed by atoms with Gasteiger partial charge in [0.1, 0.15) is 0 Å². The largest absolute Gasteiger partial charge is 0.349 e. The molecule has 0 heterocycles. The Morgan fingerprint density at radius 2 is 1.86 bits per heavy atom. The first-order valence-electron chi connectivity index (χ1n) is 9.95. The molecule has 1 saturated carbocycles. The number of likely N-dealkylation sites (N-methyl/N-ethyl adjacent to an activating group) is 1. The van der Waals surface area contributed by atoms with Crippen molar-refractivity contribution in [3.63, 3.8) is 0 Å². The van der Waals surface area contributed by atoms with E-state index in [4.69, 9.17) is 5.26 Å². The fourth-order valence-electron chi connectivity index (χ4n) is 3.22. The fourth-order valence-corrected chi connectivity index (χ4v) is 3.22. The Hall–Kier alpha value is -3.17. The number of nitriles is 1. The predicted octanol–water partition coefficient (Wildman–Crippen LogP) is 3.47. The van der Waals surface area contributed by atoms with E-state index in [2.05, 4.69) is 16.7 Å². The lowest BCUT2D eigenvalue weighted by Gasteiger charge is -2.27. The van der Waals surface area contributed by atoms with Gasteiger partial charge >= 0.3 is 0 Å². The first-order chi connectivity index (χ1) is 14.0. The Kier molecular flexibility index (Phi) is 6.63. The lowest BCUT2D eigenvalue weighted by molar-refractivity contribution is -0.117. The Labute approximate surface area is 171 Å². The quantitative estimate of drug-likeness (QED) is 0.723. The number of rotatable bonds is 8. The molecule has 1 unspecified atom stereocenters. The van der Waals surface area contributed by atoms with E-state index in [0.717, 1.165) is 18.4 Å². The highest BCUT2D eigenvalue weighted by Gasteiger charge is 2.25. The summed E-state index contributed by atoms with van der Waals surface area (Å²) in [7, 11) is 0. The maximum Gasteiger partial charge on any atom is 0.253 e. The Bertz CT molecular complexity index is 913. The molecule has 150 valence electrons. The number of carbonyl (C=O) groups excluding carboxylic acids is 2. The van der Waals surface area contributed by atoms with Gasteiger partial charge in [-0.05, 0) is 56.1 Å². The zero-order valence-corrected chi connectivity index (χ0v) is 16.8. The van der Waals surface area contributed by atoms with Gasteiger partial charge in [0.25, 0.3) is 5.91 Å². The van der Waals surface area contributed by atoms with Gasteiger partial charge in [0.05, 0.1) is 29.4 Å². The lowest BCUT2D eigenvalue weighted by atomic mass is 10.0. The molecule has 1 aliphatic rings. The van der Waals surface area contributed by atoms with Gasteiger partial charge in [-0.25, -0.2) is 0 Å². The van der Waals surface area contributed by atoms with Gasteiger partial charge < -0.3 is 10.6 Å². The van der Waals surface area contributed by atoms with E-state index in [1.165, 1.54) is 0 Å². The molecule has 1 aliphatic carbocycles. The van der Waals surface area contributed by atoms with Crippen LogP contribution < -0.4 is 10.6 Å². The molecule has 0 aliphatic heterocycles. The van der Waals surface area contributed by atoms with Crippen molar-refractivity contribution >= 4 is 17.5 Å². The minimum atomic E-state index is -0.168. The number of anilines is 1. The van der Waals surface area contributed by atoms with Crippen LogP contribution in [0.4, 0.5) is 5.69 Å². The van der Waals surface area contributed by atoms with Gasteiger partial charge in [-0.2, -0.15) is 5.26 Å². The maximum atomic E-state index is 12.7. The topological polar surface area (TPSA) is 85.2 Å². The number of nitrogens with one attached hydrogen (secondary N) is 2. The minimum Gasteiger partial charge on any atom is -0.349 e. The molecule has 3 rings (SSSR count). The van der Waals surface area contributed by atoms with Crippen molar-refractivity contribution in [2.75, 3.05) is 18.4 Å². The molecule has 0 radical (unpaired) electrons. The Morgan fingerprint density at radius 3 is 2.48 bits per heavy atom. The molecule has 2 amide bonds. The molecule has 6 nitrogen and oxygen atoms in total. The third-order valence-corrected chi connectivity index (χ3v) is 5.18. The van der Waals surface area contributed by atoms with E-state index in [0.29, 0.717) is 23.4 Å². The molecule has 6 heteroatoms. The monoisotopic (exact) mass is 390 g/mol. The van der Waals surface area contributed by atoms with Crippen molar-refractivity contribution in [2.45, 2.75) is 38.8 Å². The molecule has 1 fully saturated rings. The first-order valence-corrected chi connectivity index (χ1v) is 9.95. The fraction of sp³-hybridized carbons (Fsp3) is 0.348. The number of nitrogens with zero attached hydrogens (tertiary/aromatic N) is 2. The van der Waals surface area contributed by atoms with Crippen LogP contribution in [0.25, 0.3) is 0 Å². The second kappa shape index (κ2) is 9.35. The molecule has 0 saturated heterocycles. The summed E-state index contributed by atoms with van der Waals surface area (Å²) in [6, 6.07) is 16.9. The standard InChI is InChI=1S/C23H26N4O2/c1-3-27(16(2)18-10-8-17(14-24)9-11-18)15-22(28)26-21-7-5-4-6-20(21)23(29)25-19-12-13-19/h4-11,16,19H,3,12-13,15H2,1-2H3,(H,25,29)(H,26,28). The molecular weight excluding hydrogens is 364 g/mol. The molecule has 1 atom stereocenters. The first kappa shape index (κ1) is 20.6. The number of amides is 2. The van der Waals surface area contributed by atoms with Crippen LogP contribution in [0.1, 0.15) is 54.2 Å². The number of hydrogen-bond donors (Lipinski definition) is 2. The summed E-state index contributed by atoms with van der Waals surface area (Å²) >= 11 is 0. The molecule has 2 aromatic rings. The van der Waals surface area contributed by atoms with Crippen molar-refractivity contribution in [1.82, 2.24) is 10.2 Å². The zero-order chi connectivity index (χ0) is 20.8. The van der Waals surface area contributed by atoms with Crippen LogP contribution in [0.3, 0.4) is 0 Å². The summed E-state index contributed by atoms with van der Waals surface area (Å²) in [5.41, 5.74) is 2.67. The molecule has 2 aromatic carbocycles. The molecule has 29 heavy (non-hydrogen) atoms. The second-order valence-electron chi connectivity index (χ2n) is 7.31. The number of hydrogen-bond acceptors (Lipinski definition) is 4. The van der Waals surface area contributed by atoms with Crippen LogP contribution in [0.15, 0.2) is 48.5 Å². The van der Waals surface area contributed by atoms with E-state index in [-0.39, 0.29) is 30.4 Å². The van der Waals surface area contributed by atoms with Crippen LogP contribution >= 0.6 is 0 Å². The summed E-state index contributed by atoms with van der Waals surface area (Å²) in [6.45, 7) is 4.94. The third-order valence-electron chi connectivity index (χ3n) is 5.18. The van der Waals surface area contributed by atoms with Crippen molar-refractivity contribution in [3.8, 4) is 6.07 Å².